The van der Waals surface area contributed by atoms with Crippen LogP contribution in [0, 0.1) is 26.2 Å². The Balaban J connectivity index is 2.80. The second-order valence-electron chi connectivity index (χ2n) is 2.43. The van der Waals surface area contributed by atoms with Crippen molar-refractivity contribution in [2.75, 3.05) is 5.75 Å². The summed E-state index contributed by atoms with van der Waals surface area (Å²) in [6.45, 7) is 3.91. The molecular weight excluding hydrogens is 168 g/mol. The van der Waals surface area contributed by atoms with Crippen LogP contribution in [-0.4, -0.2) is 15.7 Å². The van der Waals surface area contributed by atoms with Crippen LogP contribution in [0.25, 0.3) is 0 Å². The van der Waals surface area contributed by atoms with E-state index < -0.39 is 0 Å². The van der Waals surface area contributed by atoms with Gasteiger partial charge in [0.25, 0.3) is 0 Å². The largest absolute Gasteiger partial charge is 0.228 e. The maximum Gasteiger partial charge on any atom is 0.188 e. The van der Waals surface area contributed by atoms with Gasteiger partial charge in [0, 0.05) is 11.4 Å². The van der Waals surface area contributed by atoms with Gasteiger partial charge in [-0.25, -0.2) is 9.97 Å². The first kappa shape index (κ1) is 9.08. The summed E-state index contributed by atoms with van der Waals surface area (Å²) in [5.74, 6) is 3.17. The van der Waals surface area contributed by atoms with Crippen LogP contribution < -0.4 is 0 Å². The van der Waals surface area contributed by atoms with E-state index in [0.29, 0.717) is 5.75 Å². The van der Waals surface area contributed by atoms with Crippen molar-refractivity contribution in [2.24, 2.45) is 0 Å². The highest BCUT2D eigenvalue weighted by molar-refractivity contribution is 7.99. The summed E-state index contributed by atoms with van der Waals surface area (Å²) in [6.07, 6.45) is 5.13. The van der Waals surface area contributed by atoms with E-state index in [0.717, 1.165) is 16.5 Å². The first-order valence-electron chi connectivity index (χ1n) is 3.61. The molecule has 1 rings (SSSR count). The number of aryl methyl sites for hydroxylation is 2. The molecule has 0 bridgehead atoms. The molecule has 0 amide bonds. The molecule has 3 heteroatoms. The molecule has 1 heterocycles. The lowest BCUT2D eigenvalue weighted by molar-refractivity contribution is 0.904. The second kappa shape index (κ2) is 4.13. The van der Waals surface area contributed by atoms with Gasteiger partial charge in [-0.05, 0) is 19.9 Å². The molecule has 1 aromatic rings. The highest BCUT2D eigenvalue weighted by Gasteiger charge is 1.97. The van der Waals surface area contributed by atoms with Crippen molar-refractivity contribution in [2.45, 2.75) is 19.0 Å². The van der Waals surface area contributed by atoms with E-state index in [9.17, 15) is 0 Å². The Morgan fingerprint density at radius 3 is 2.50 bits per heavy atom. The van der Waals surface area contributed by atoms with Crippen LogP contribution in [0.3, 0.4) is 0 Å². The summed E-state index contributed by atoms with van der Waals surface area (Å²) in [5.41, 5.74) is 1.98. The standard InChI is InChI=1S/C9H10N2S/c1-4-5-12-9-10-7(2)6-8(3)11-9/h1,6H,5H2,2-3H3. The SMILES string of the molecule is C#CCSc1nc(C)cc(C)n1. The monoisotopic (exact) mass is 178 g/mol. The van der Waals surface area contributed by atoms with Gasteiger partial charge in [0.05, 0.1) is 5.75 Å². The van der Waals surface area contributed by atoms with Crippen molar-refractivity contribution in [3.05, 3.63) is 17.5 Å². The average Bonchev–Trinajstić information content (AvgIpc) is 1.99. The quantitative estimate of drug-likeness (QED) is 0.392. The van der Waals surface area contributed by atoms with Gasteiger partial charge in [-0.3, -0.25) is 0 Å². The Bertz CT molecular complexity index is 295. The lowest BCUT2D eigenvalue weighted by atomic mass is 10.4. The molecule has 0 saturated heterocycles. The minimum absolute atomic E-state index is 0.628. The number of thioether (sulfide) groups is 1. The van der Waals surface area contributed by atoms with Crippen LogP contribution in [0.4, 0.5) is 0 Å². The van der Waals surface area contributed by atoms with Gasteiger partial charge in [0.1, 0.15) is 0 Å². The summed E-state index contributed by atoms with van der Waals surface area (Å²) in [4.78, 5) is 8.46. The third-order valence-corrected chi connectivity index (χ3v) is 2.00. The van der Waals surface area contributed by atoms with E-state index in [1.165, 1.54) is 11.8 Å². The Morgan fingerprint density at radius 2 is 2.00 bits per heavy atom. The van der Waals surface area contributed by atoms with E-state index in [-0.39, 0.29) is 0 Å². The minimum Gasteiger partial charge on any atom is -0.228 e. The number of nitrogens with zero attached hydrogens (tertiary/aromatic N) is 2. The number of hydrogen-bond donors (Lipinski definition) is 0. The molecule has 0 fully saturated rings. The number of hydrogen-bond acceptors (Lipinski definition) is 3. The Labute approximate surface area is 76.8 Å². The fourth-order valence-electron chi connectivity index (χ4n) is 0.864. The maximum absolute atomic E-state index is 5.13. The minimum atomic E-state index is 0.628. The van der Waals surface area contributed by atoms with Gasteiger partial charge in [-0.2, -0.15) is 0 Å². The normalized spacial score (nSPS) is 9.42. The molecule has 0 aromatic carbocycles. The Hall–Kier alpha value is -1.01. The zero-order valence-corrected chi connectivity index (χ0v) is 7.98. The summed E-state index contributed by atoms with van der Waals surface area (Å²) < 4.78 is 0. The number of terminal acetylenes is 1. The van der Waals surface area contributed by atoms with Crippen LogP contribution >= 0.6 is 11.8 Å². The molecule has 2 nitrogen and oxygen atoms in total. The Morgan fingerprint density at radius 1 is 1.42 bits per heavy atom. The summed E-state index contributed by atoms with van der Waals surface area (Å²) in [5, 5.41) is 0.769. The summed E-state index contributed by atoms with van der Waals surface area (Å²) in [7, 11) is 0. The van der Waals surface area contributed by atoms with Crippen molar-refractivity contribution in [3.8, 4) is 12.3 Å². The van der Waals surface area contributed by atoms with Crippen LogP contribution in [0.2, 0.25) is 0 Å². The topological polar surface area (TPSA) is 25.8 Å². The van der Waals surface area contributed by atoms with Crippen LogP contribution in [0.15, 0.2) is 11.2 Å². The van der Waals surface area contributed by atoms with E-state index in [4.69, 9.17) is 6.42 Å². The maximum atomic E-state index is 5.13. The smallest absolute Gasteiger partial charge is 0.188 e. The van der Waals surface area contributed by atoms with Crippen LogP contribution in [-0.2, 0) is 0 Å². The van der Waals surface area contributed by atoms with Crippen molar-refractivity contribution < 1.29 is 0 Å². The molecule has 0 aliphatic heterocycles. The lowest BCUT2D eigenvalue weighted by Crippen LogP contribution is -1.92. The molecule has 0 radical (unpaired) electrons. The second-order valence-corrected chi connectivity index (χ2v) is 3.37. The third kappa shape index (κ3) is 2.55. The molecule has 0 aliphatic rings. The van der Waals surface area contributed by atoms with Crippen molar-refractivity contribution in [1.29, 1.82) is 0 Å². The fourth-order valence-corrected chi connectivity index (χ4v) is 1.49. The highest BCUT2D eigenvalue weighted by Crippen LogP contribution is 2.12. The van der Waals surface area contributed by atoms with E-state index in [1.54, 1.807) is 0 Å². The first-order valence-corrected chi connectivity index (χ1v) is 4.59. The van der Waals surface area contributed by atoms with Gasteiger partial charge in [-0.1, -0.05) is 17.7 Å². The lowest BCUT2D eigenvalue weighted by Gasteiger charge is -1.99. The van der Waals surface area contributed by atoms with Gasteiger partial charge in [0.2, 0.25) is 0 Å². The van der Waals surface area contributed by atoms with Crippen molar-refractivity contribution in [1.82, 2.24) is 9.97 Å². The first-order chi connectivity index (χ1) is 5.72. The Kier molecular flexibility index (Phi) is 3.12. The number of aromatic nitrogens is 2. The predicted molar refractivity (Wildman–Crippen MR) is 51.1 cm³/mol. The molecule has 1 aromatic heterocycles. The van der Waals surface area contributed by atoms with Crippen molar-refractivity contribution in [3.63, 3.8) is 0 Å². The fraction of sp³-hybridized carbons (Fsp3) is 0.333. The zero-order valence-electron chi connectivity index (χ0n) is 7.16. The summed E-state index contributed by atoms with van der Waals surface area (Å²) in [6, 6.07) is 1.94. The molecule has 0 saturated carbocycles. The molecule has 62 valence electrons. The molecule has 0 unspecified atom stereocenters. The van der Waals surface area contributed by atoms with Crippen LogP contribution in [0.1, 0.15) is 11.4 Å². The van der Waals surface area contributed by atoms with Gasteiger partial charge >= 0.3 is 0 Å². The van der Waals surface area contributed by atoms with Crippen LogP contribution in [0.5, 0.6) is 0 Å². The van der Waals surface area contributed by atoms with E-state index in [2.05, 4.69) is 15.9 Å². The number of rotatable bonds is 2. The van der Waals surface area contributed by atoms with Gasteiger partial charge in [-0.15, -0.1) is 6.42 Å². The molecular formula is C9H10N2S. The highest BCUT2D eigenvalue weighted by atomic mass is 32.2. The third-order valence-electron chi connectivity index (χ3n) is 1.25. The van der Waals surface area contributed by atoms with Crippen molar-refractivity contribution >= 4 is 11.8 Å². The van der Waals surface area contributed by atoms with E-state index in [1.807, 2.05) is 19.9 Å². The zero-order chi connectivity index (χ0) is 8.97. The average molecular weight is 178 g/mol. The van der Waals surface area contributed by atoms with Gasteiger partial charge in [0.15, 0.2) is 5.16 Å². The molecule has 0 atom stereocenters. The molecule has 0 spiro atoms. The molecule has 12 heavy (non-hydrogen) atoms. The molecule has 0 aliphatic carbocycles. The summed E-state index contributed by atoms with van der Waals surface area (Å²) >= 11 is 1.49. The predicted octanol–water partition coefficient (Wildman–Crippen LogP) is 1.82. The molecule has 0 N–H and O–H groups in total. The van der Waals surface area contributed by atoms with Gasteiger partial charge < -0.3 is 0 Å². The van der Waals surface area contributed by atoms with E-state index >= 15 is 0 Å².